The third-order valence-electron chi connectivity index (χ3n) is 1.95. The van der Waals surface area contributed by atoms with Gasteiger partial charge in [0.2, 0.25) is 0 Å². The number of hydrogen-bond acceptors (Lipinski definition) is 3. The summed E-state index contributed by atoms with van der Waals surface area (Å²) in [7, 11) is 0. The second-order valence-corrected chi connectivity index (χ2v) is 3.38. The van der Waals surface area contributed by atoms with Crippen LogP contribution in [0, 0.1) is 0 Å². The standard InChI is InChI=1S/C10H11ClN4.ClH/c1-2-13-9-7-15(14-10(9)11)8-4-3-5-12-6-8;/h3-7,13H,2H2,1H3;1H. The monoisotopic (exact) mass is 258 g/mol. The van der Waals surface area contributed by atoms with Gasteiger partial charge < -0.3 is 5.32 Å². The van der Waals surface area contributed by atoms with E-state index in [-0.39, 0.29) is 12.4 Å². The number of halogens is 2. The van der Waals surface area contributed by atoms with Crippen LogP contribution in [-0.4, -0.2) is 21.3 Å². The molecule has 86 valence electrons. The molecule has 0 radical (unpaired) electrons. The molecule has 0 saturated carbocycles. The Morgan fingerprint density at radius 3 is 2.94 bits per heavy atom. The van der Waals surface area contributed by atoms with Gasteiger partial charge in [-0.1, -0.05) is 11.6 Å². The summed E-state index contributed by atoms with van der Waals surface area (Å²) in [5, 5.41) is 7.78. The van der Waals surface area contributed by atoms with Crippen LogP contribution in [0.5, 0.6) is 0 Å². The number of anilines is 1. The molecule has 2 aromatic rings. The number of rotatable bonds is 3. The lowest BCUT2D eigenvalue weighted by atomic mass is 10.4. The largest absolute Gasteiger partial charge is 0.382 e. The third-order valence-corrected chi connectivity index (χ3v) is 2.23. The molecule has 2 heterocycles. The summed E-state index contributed by atoms with van der Waals surface area (Å²) in [5.41, 5.74) is 1.73. The van der Waals surface area contributed by atoms with E-state index in [9.17, 15) is 0 Å². The average molecular weight is 259 g/mol. The minimum Gasteiger partial charge on any atom is -0.382 e. The van der Waals surface area contributed by atoms with Gasteiger partial charge in [-0.3, -0.25) is 4.98 Å². The minimum atomic E-state index is 0. The van der Waals surface area contributed by atoms with Crippen LogP contribution in [0.15, 0.2) is 30.7 Å². The number of hydrogen-bond donors (Lipinski definition) is 1. The van der Waals surface area contributed by atoms with E-state index in [2.05, 4.69) is 15.4 Å². The third kappa shape index (κ3) is 2.65. The van der Waals surface area contributed by atoms with Crippen LogP contribution in [0.4, 0.5) is 5.69 Å². The predicted octanol–water partition coefficient (Wildman–Crippen LogP) is 2.77. The lowest BCUT2D eigenvalue weighted by molar-refractivity contribution is 0.874. The summed E-state index contributed by atoms with van der Waals surface area (Å²) in [6, 6.07) is 3.78. The molecule has 0 spiro atoms. The van der Waals surface area contributed by atoms with Gasteiger partial charge in [-0.05, 0) is 19.1 Å². The number of nitrogens with zero attached hydrogens (tertiary/aromatic N) is 3. The molecule has 0 aliphatic heterocycles. The van der Waals surface area contributed by atoms with Crippen molar-refractivity contribution in [3.05, 3.63) is 35.9 Å². The van der Waals surface area contributed by atoms with Crippen molar-refractivity contribution in [3.63, 3.8) is 0 Å². The number of aromatic nitrogens is 3. The lowest BCUT2D eigenvalue weighted by Gasteiger charge is -1.98. The zero-order valence-electron chi connectivity index (χ0n) is 8.72. The summed E-state index contributed by atoms with van der Waals surface area (Å²) in [4.78, 5) is 4.02. The van der Waals surface area contributed by atoms with Gasteiger partial charge in [-0.2, -0.15) is 5.10 Å². The molecule has 0 bridgehead atoms. The van der Waals surface area contributed by atoms with E-state index < -0.39 is 0 Å². The second-order valence-electron chi connectivity index (χ2n) is 3.02. The smallest absolute Gasteiger partial charge is 0.174 e. The van der Waals surface area contributed by atoms with Crippen LogP contribution in [0.2, 0.25) is 5.15 Å². The van der Waals surface area contributed by atoms with E-state index in [1.807, 2.05) is 25.3 Å². The van der Waals surface area contributed by atoms with Crippen LogP contribution in [0.1, 0.15) is 6.92 Å². The molecule has 0 fully saturated rings. The summed E-state index contributed by atoms with van der Waals surface area (Å²) in [6.07, 6.45) is 5.31. The molecule has 0 unspecified atom stereocenters. The first-order chi connectivity index (χ1) is 7.31. The van der Waals surface area contributed by atoms with Crippen molar-refractivity contribution in [2.75, 3.05) is 11.9 Å². The van der Waals surface area contributed by atoms with E-state index in [4.69, 9.17) is 11.6 Å². The van der Waals surface area contributed by atoms with Gasteiger partial charge in [0.05, 0.1) is 23.8 Å². The van der Waals surface area contributed by atoms with Gasteiger partial charge >= 0.3 is 0 Å². The first-order valence-electron chi connectivity index (χ1n) is 4.70. The fourth-order valence-electron chi connectivity index (χ4n) is 1.28. The van der Waals surface area contributed by atoms with E-state index >= 15 is 0 Å². The van der Waals surface area contributed by atoms with Gasteiger partial charge in [-0.15, -0.1) is 12.4 Å². The van der Waals surface area contributed by atoms with Gasteiger partial charge in [0.25, 0.3) is 0 Å². The highest BCUT2D eigenvalue weighted by Gasteiger charge is 2.06. The van der Waals surface area contributed by atoms with Crippen molar-refractivity contribution in [3.8, 4) is 5.69 Å². The molecule has 2 rings (SSSR count). The zero-order chi connectivity index (χ0) is 10.7. The van der Waals surface area contributed by atoms with Crippen molar-refractivity contribution in [2.24, 2.45) is 0 Å². The quantitative estimate of drug-likeness (QED) is 0.921. The Morgan fingerprint density at radius 1 is 1.50 bits per heavy atom. The van der Waals surface area contributed by atoms with Gasteiger partial charge in [0.1, 0.15) is 0 Å². The normalized spacial score (nSPS) is 9.62. The number of pyridine rings is 1. The SMILES string of the molecule is CCNc1cn(-c2cccnc2)nc1Cl.Cl. The summed E-state index contributed by atoms with van der Waals surface area (Å²) in [5.74, 6) is 0. The Balaban J connectivity index is 0.00000128. The Bertz CT molecular complexity index is 441. The highest BCUT2D eigenvalue weighted by Crippen LogP contribution is 2.20. The maximum atomic E-state index is 5.96. The van der Waals surface area contributed by atoms with Crippen molar-refractivity contribution >= 4 is 29.7 Å². The Hall–Kier alpha value is -1.26. The molecule has 4 nitrogen and oxygen atoms in total. The first kappa shape index (κ1) is 12.8. The van der Waals surface area contributed by atoms with Crippen LogP contribution in [-0.2, 0) is 0 Å². The Kier molecular flexibility index (Phi) is 4.58. The molecular formula is C10H12Cl2N4. The summed E-state index contributed by atoms with van der Waals surface area (Å²) < 4.78 is 1.70. The van der Waals surface area contributed by atoms with E-state index in [0.717, 1.165) is 17.9 Å². The predicted molar refractivity (Wildman–Crippen MR) is 67.8 cm³/mol. The van der Waals surface area contributed by atoms with Crippen LogP contribution in [0.25, 0.3) is 5.69 Å². The van der Waals surface area contributed by atoms with Crippen molar-refractivity contribution in [2.45, 2.75) is 6.92 Å². The van der Waals surface area contributed by atoms with Crippen LogP contribution < -0.4 is 5.32 Å². The minimum absolute atomic E-state index is 0. The second kappa shape index (κ2) is 5.72. The Morgan fingerprint density at radius 2 is 2.31 bits per heavy atom. The van der Waals surface area contributed by atoms with Crippen molar-refractivity contribution in [1.29, 1.82) is 0 Å². The lowest BCUT2D eigenvalue weighted by Crippen LogP contribution is -1.96. The summed E-state index contributed by atoms with van der Waals surface area (Å²) >= 11 is 5.96. The molecule has 0 aromatic carbocycles. The fraction of sp³-hybridized carbons (Fsp3) is 0.200. The Labute approximate surface area is 105 Å². The zero-order valence-corrected chi connectivity index (χ0v) is 10.3. The molecule has 1 N–H and O–H groups in total. The molecule has 16 heavy (non-hydrogen) atoms. The number of nitrogens with one attached hydrogen (secondary N) is 1. The molecule has 0 aliphatic rings. The summed E-state index contributed by atoms with van der Waals surface area (Å²) in [6.45, 7) is 2.83. The highest BCUT2D eigenvalue weighted by molar-refractivity contribution is 6.32. The maximum Gasteiger partial charge on any atom is 0.174 e. The van der Waals surface area contributed by atoms with Crippen LogP contribution in [0.3, 0.4) is 0 Å². The fourth-order valence-corrected chi connectivity index (χ4v) is 1.48. The van der Waals surface area contributed by atoms with Gasteiger partial charge in [-0.25, -0.2) is 4.68 Å². The molecular weight excluding hydrogens is 247 g/mol. The molecule has 2 aromatic heterocycles. The first-order valence-corrected chi connectivity index (χ1v) is 5.08. The van der Waals surface area contributed by atoms with E-state index in [0.29, 0.717) is 5.15 Å². The van der Waals surface area contributed by atoms with E-state index in [1.54, 1.807) is 17.1 Å². The molecule has 0 amide bonds. The van der Waals surface area contributed by atoms with Gasteiger partial charge in [0, 0.05) is 12.7 Å². The molecule has 0 saturated heterocycles. The molecule has 0 atom stereocenters. The van der Waals surface area contributed by atoms with Crippen molar-refractivity contribution in [1.82, 2.24) is 14.8 Å². The maximum absolute atomic E-state index is 5.96. The van der Waals surface area contributed by atoms with Crippen LogP contribution >= 0.6 is 24.0 Å². The molecule has 0 aliphatic carbocycles. The van der Waals surface area contributed by atoms with E-state index in [1.165, 1.54) is 0 Å². The highest BCUT2D eigenvalue weighted by atomic mass is 35.5. The topological polar surface area (TPSA) is 42.7 Å². The average Bonchev–Trinajstić information content (AvgIpc) is 2.63. The van der Waals surface area contributed by atoms with Crippen molar-refractivity contribution < 1.29 is 0 Å². The molecule has 6 heteroatoms. The van der Waals surface area contributed by atoms with Gasteiger partial charge in [0.15, 0.2) is 5.15 Å².